The van der Waals surface area contributed by atoms with Gasteiger partial charge in [0.15, 0.2) is 23.1 Å². The Morgan fingerprint density at radius 2 is 1.59 bits per heavy atom. The largest absolute Gasteiger partial charge is 0.490 e. The first-order chi connectivity index (χ1) is 18.9. The molecule has 2 aliphatic carbocycles. The first-order valence-electron chi connectivity index (χ1n) is 13.9. The summed E-state index contributed by atoms with van der Waals surface area (Å²) >= 11 is 0. The number of non-ortho nitro benzene ring substituents is 1. The predicted molar refractivity (Wildman–Crippen MR) is 147 cm³/mol. The van der Waals surface area contributed by atoms with Crippen molar-refractivity contribution in [3.8, 4) is 11.5 Å². The number of carbonyl (C=O) groups is 2. The predicted octanol–water partition coefficient (Wildman–Crippen LogP) is 6.40. The van der Waals surface area contributed by atoms with E-state index < -0.39 is 10.8 Å². The molecule has 2 aromatic rings. The number of hydrogen-bond acceptors (Lipinski definition) is 7. The number of nitro groups is 1. The van der Waals surface area contributed by atoms with Gasteiger partial charge in [0.25, 0.3) is 5.69 Å². The zero-order chi connectivity index (χ0) is 27.5. The third kappa shape index (κ3) is 5.20. The molecule has 1 heterocycles. The molecule has 0 saturated heterocycles. The summed E-state index contributed by atoms with van der Waals surface area (Å²) in [5.41, 5.74) is 5.21. The summed E-state index contributed by atoms with van der Waals surface area (Å²) in [5.74, 6) is 0.859. The molecule has 2 aromatic carbocycles. The quantitative estimate of drug-likeness (QED) is 0.273. The minimum atomic E-state index is -0.430. The van der Waals surface area contributed by atoms with Crippen LogP contribution in [0.3, 0.4) is 0 Å². The summed E-state index contributed by atoms with van der Waals surface area (Å²) in [6.45, 7) is 5.36. The number of allylic oxidation sites excluding steroid dienone is 4. The molecule has 8 heteroatoms. The molecule has 0 unspecified atom stereocenters. The molecule has 0 N–H and O–H groups in total. The fraction of sp³-hybridized carbons (Fsp3) is 0.419. The zero-order valence-electron chi connectivity index (χ0n) is 22.5. The van der Waals surface area contributed by atoms with Crippen LogP contribution in [0.4, 0.5) is 5.69 Å². The fourth-order valence-electron chi connectivity index (χ4n) is 6.06. The van der Waals surface area contributed by atoms with Crippen LogP contribution >= 0.6 is 0 Å². The van der Waals surface area contributed by atoms with Gasteiger partial charge in [0.1, 0.15) is 6.61 Å². The summed E-state index contributed by atoms with van der Waals surface area (Å²) in [6.07, 6.45) is 5.26. The molecular weight excluding hydrogens is 496 g/mol. The Morgan fingerprint density at radius 3 is 2.21 bits per heavy atom. The van der Waals surface area contributed by atoms with E-state index in [0.29, 0.717) is 36.5 Å². The maximum absolute atomic E-state index is 13.4. The van der Waals surface area contributed by atoms with Crippen molar-refractivity contribution in [2.75, 3.05) is 13.2 Å². The number of ketones is 2. The minimum Gasteiger partial charge on any atom is -0.490 e. The summed E-state index contributed by atoms with van der Waals surface area (Å²) < 4.78 is 12.0. The summed E-state index contributed by atoms with van der Waals surface area (Å²) in [5, 5.41) is 11.1. The SMILES string of the molecule is CCCN1C2=C(C(=O)CCC2)C(c2ccc(OCc3cccc([N+](=O)[O-])c3)c(OCC)c2)C2=C1CCCC2=O. The molecule has 0 aromatic heterocycles. The Labute approximate surface area is 228 Å². The van der Waals surface area contributed by atoms with Gasteiger partial charge in [0.05, 0.1) is 11.5 Å². The molecule has 3 aliphatic rings. The van der Waals surface area contributed by atoms with Crippen molar-refractivity contribution in [2.24, 2.45) is 0 Å². The van der Waals surface area contributed by atoms with Crippen LogP contribution in [0.15, 0.2) is 65.0 Å². The number of ether oxygens (including phenoxy) is 2. The van der Waals surface area contributed by atoms with E-state index in [9.17, 15) is 19.7 Å². The highest BCUT2D eigenvalue weighted by molar-refractivity contribution is 6.06. The molecule has 0 radical (unpaired) electrons. The molecule has 1 aliphatic heterocycles. The van der Waals surface area contributed by atoms with Crippen molar-refractivity contribution in [1.29, 1.82) is 0 Å². The van der Waals surface area contributed by atoms with Crippen LogP contribution in [-0.4, -0.2) is 34.5 Å². The van der Waals surface area contributed by atoms with Crippen molar-refractivity contribution in [2.45, 2.75) is 71.3 Å². The van der Waals surface area contributed by atoms with Gasteiger partial charge in [-0.15, -0.1) is 0 Å². The lowest BCUT2D eigenvalue weighted by Gasteiger charge is -2.44. The number of rotatable bonds is 9. The third-order valence-electron chi connectivity index (χ3n) is 7.65. The maximum Gasteiger partial charge on any atom is 0.269 e. The average molecular weight is 531 g/mol. The number of carbonyl (C=O) groups excluding carboxylic acids is 2. The zero-order valence-corrected chi connectivity index (χ0v) is 22.5. The van der Waals surface area contributed by atoms with Gasteiger partial charge in [-0.3, -0.25) is 19.7 Å². The van der Waals surface area contributed by atoms with Gasteiger partial charge in [-0.05, 0) is 62.3 Å². The smallest absolute Gasteiger partial charge is 0.269 e. The number of Topliss-reactive ketones (excluding diaryl/α,β-unsaturated/α-hetero) is 2. The highest BCUT2D eigenvalue weighted by atomic mass is 16.6. The summed E-state index contributed by atoms with van der Waals surface area (Å²) in [4.78, 5) is 39.9. The molecule has 8 nitrogen and oxygen atoms in total. The Balaban J connectivity index is 1.54. The number of hydrogen-bond donors (Lipinski definition) is 0. The standard InChI is InChI=1S/C31H34N2O6/c1-3-16-32-23-10-6-12-25(34)30(23)29(31-24(32)11-7-13-26(31)35)21-14-15-27(28(18-21)38-4-2)39-19-20-8-5-9-22(17-20)33(36)37/h5,8-9,14-15,17-18,29H,3-4,6-7,10-13,16,19H2,1-2H3. The Kier molecular flexibility index (Phi) is 7.82. The molecule has 0 bridgehead atoms. The third-order valence-corrected chi connectivity index (χ3v) is 7.65. The average Bonchev–Trinajstić information content (AvgIpc) is 2.93. The van der Waals surface area contributed by atoms with E-state index in [1.807, 2.05) is 25.1 Å². The van der Waals surface area contributed by atoms with Gasteiger partial charge < -0.3 is 14.4 Å². The van der Waals surface area contributed by atoms with Crippen LogP contribution in [-0.2, 0) is 16.2 Å². The van der Waals surface area contributed by atoms with Gasteiger partial charge in [-0.1, -0.05) is 25.1 Å². The molecule has 0 saturated carbocycles. The molecule has 0 spiro atoms. The second kappa shape index (κ2) is 11.4. The fourth-order valence-corrected chi connectivity index (χ4v) is 6.06. The number of nitrogens with zero attached hydrogens (tertiary/aromatic N) is 2. The topological polar surface area (TPSA) is 99.0 Å². The number of benzene rings is 2. The van der Waals surface area contributed by atoms with Crippen LogP contribution < -0.4 is 9.47 Å². The van der Waals surface area contributed by atoms with Crippen LogP contribution in [0, 0.1) is 10.1 Å². The monoisotopic (exact) mass is 530 g/mol. The van der Waals surface area contributed by atoms with E-state index in [0.717, 1.165) is 66.8 Å². The van der Waals surface area contributed by atoms with Gasteiger partial charge >= 0.3 is 0 Å². The molecule has 0 atom stereocenters. The molecular formula is C31H34N2O6. The van der Waals surface area contributed by atoms with Crippen LogP contribution in [0.25, 0.3) is 0 Å². The van der Waals surface area contributed by atoms with Gasteiger partial charge in [0, 0.05) is 60.0 Å². The first-order valence-corrected chi connectivity index (χ1v) is 13.9. The van der Waals surface area contributed by atoms with E-state index in [-0.39, 0.29) is 23.9 Å². The summed E-state index contributed by atoms with van der Waals surface area (Å²) in [6, 6.07) is 12.0. The number of nitro benzene ring substituents is 1. The van der Waals surface area contributed by atoms with Crippen LogP contribution in [0.2, 0.25) is 0 Å². The van der Waals surface area contributed by atoms with Crippen LogP contribution in [0.1, 0.15) is 75.8 Å². The van der Waals surface area contributed by atoms with E-state index in [1.165, 1.54) is 12.1 Å². The van der Waals surface area contributed by atoms with E-state index in [4.69, 9.17) is 9.47 Å². The van der Waals surface area contributed by atoms with Crippen molar-refractivity contribution in [3.63, 3.8) is 0 Å². The second-order valence-electron chi connectivity index (χ2n) is 10.2. The van der Waals surface area contributed by atoms with Crippen molar-refractivity contribution in [3.05, 3.63) is 86.2 Å². The van der Waals surface area contributed by atoms with Gasteiger partial charge in [0.2, 0.25) is 0 Å². The Hall–Kier alpha value is -3.94. The molecule has 204 valence electrons. The Bertz CT molecular complexity index is 1330. The van der Waals surface area contributed by atoms with Crippen molar-refractivity contribution >= 4 is 17.3 Å². The van der Waals surface area contributed by atoms with E-state index in [2.05, 4.69) is 11.8 Å². The first kappa shape index (κ1) is 26.7. The van der Waals surface area contributed by atoms with Crippen molar-refractivity contribution in [1.82, 2.24) is 4.90 Å². The molecule has 39 heavy (non-hydrogen) atoms. The van der Waals surface area contributed by atoms with Gasteiger partial charge in [-0.25, -0.2) is 0 Å². The minimum absolute atomic E-state index is 0.00773. The van der Waals surface area contributed by atoms with E-state index in [1.54, 1.807) is 12.1 Å². The summed E-state index contributed by atoms with van der Waals surface area (Å²) in [7, 11) is 0. The normalized spacial score (nSPS) is 17.7. The lowest BCUT2D eigenvalue weighted by molar-refractivity contribution is -0.384. The lowest BCUT2D eigenvalue weighted by atomic mass is 9.71. The highest BCUT2D eigenvalue weighted by Gasteiger charge is 2.43. The molecule has 5 rings (SSSR count). The van der Waals surface area contributed by atoms with Gasteiger partial charge in [-0.2, -0.15) is 0 Å². The lowest BCUT2D eigenvalue weighted by Crippen LogP contribution is -2.39. The Morgan fingerprint density at radius 1 is 0.897 bits per heavy atom. The highest BCUT2D eigenvalue weighted by Crippen LogP contribution is 2.50. The van der Waals surface area contributed by atoms with Crippen molar-refractivity contribution < 1.29 is 24.0 Å². The van der Waals surface area contributed by atoms with Crippen LogP contribution in [0.5, 0.6) is 11.5 Å². The van der Waals surface area contributed by atoms with E-state index >= 15 is 0 Å². The maximum atomic E-state index is 13.4. The second-order valence-corrected chi connectivity index (χ2v) is 10.2. The molecule has 0 amide bonds. The molecule has 0 fully saturated rings.